The normalized spacial score (nSPS) is 21.2. The van der Waals surface area contributed by atoms with E-state index in [9.17, 15) is 9.59 Å². The number of hydrogen-bond acceptors (Lipinski definition) is 2. The first-order valence-electron chi connectivity index (χ1n) is 9.11. The summed E-state index contributed by atoms with van der Waals surface area (Å²) in [7, 11) is 0. The predicted molar refractivity (Wildman–Crippen MR) is 102 cm³/mol. The topological polar surface area (TPSA) is 65.2 Å². The van der Waals surface area contributed by atoms with Gasteiger partial charge in [0.15, 0.2) is 0 Å². The number of para-hydroxylation sites is 1. The molecule has 0 bridgehead atoms. The average molecular weight is 349 g/mol. The van der Waals surface area contributed by atoms with Gasteiger partial charge in [-0.05, 0) is 38.8 Å². The highest BCUT2D eigenvalue weighted by atomic mass is 16.2. The molecule has 0 spiro atoms. The molecule has 0 saturated carbocycles. The zero-order chi connectivity index (χ0) is 18.3. The van der Waals surface area contributed by atoms with Crippen molar-refractivity contribution >= 4 is 28.8 Å². The van der Waals surface area contributed by atoms with Crippen LogP contribution in [0, 0.1) is 0 Å². The van der Waals surface area contributed by atoms with Crippen LogP contribution < -0.4 is 5.32 Å². The third-order valence-electron chi connectivity index (χ3n) is 5.14. The number of aromatic nitrogens is 1. The number of aromatic amines is 1. The van der Waals surface area contributed by atoms with Crippen LogP contribution in [-0.4, -0.2) is 34.3 Å². The van der Waals surface area contributed by atoms with Gasteiger partial charge in [0.25, 0.3) is 5.91 Å². The number of piperazine rings is 1. The van der Waals surface area contributed by atoms with E-state index in [1.54, 1.807) is 4.90 Å². The van der Waals surface area contributed by atoms with Crippen molar-refractivity contribution in [3.8, 4) is 0 Å². The molecule has 5 nitrogen and oxygen atoms in total. The fraction of sp³-hybridized carbons (Fsp3) is 0.333. The van der Waals surface area contributed by atoms with Crippen LogP contribution in [0.15, 0.2) is 41.6 Å². The van der Waals surface area contributed by atoms with Gasteiger partial charge in [-0.1, -0.05) is 29.8 Å². The second kappa shape index (κ2) is 6.48. The number of fused-ring (bicyclic) bond motifs is 2. The van der Waals surface area contributed by atoms with Gasteiger partial charge in [0.1, 0.15) is 11.7 Å². The SMILES string of the molecule is CC(C)=CCc1[nH]c2ccccc2c1/C=C1\NC(=O)C2CCCN2C1=O. The van der Waals surface area contributed by atoms with E-state index in [0.717, 1.165) is 41.4 Å². The van der Waals surface area contributed by atoms with Crippen LogP contribution in [0.3, 0.4) is 0 Å². The molecular formula is C21H23N3O2. The highest BCUT2D eigenvalue weighted by Crippen LogP contribution is 2.28. The maximum Gasteiger partial charge on any atom is 0.271 e. The number of H-pyrrole nitrogens is 1. The first kappa shape index (κ1) is 16.6. The summed E-state index contributed by atoms with van der Waals surface area (Å²) < 4.78 is 0. The summed E-state index contributed by atoms with van der Waals surface area (Å²) in [4.78, 5) is 30.3. The fourth-order valence-electron chi connectivity index (χ4n) is 3.80. The number of carbonyl (C=O) groups is 2. The molecule has 1 aromatic carbocycles. The monoisotopic (exact) mass is 349 g/mol. The summed E-state index contributed by atoms with van der Waals surface area (Å²) in [6, 6.07) is 7.75. The quantitative estimate of drug-likeness (QED) is 0.660. The maximum atomic E-state index is 12.8. The number of nitrogens with one attached hydrogen (secondary N) is 2. The van der Waals surface area contributed by atoms with Gasteiger partial charge in [-0.2, -0.15) is 0 Å². The van der Waals surface area contributed by atoms with Gasteiger partial charge in [-0.15, -0.1) is 0 Å². The zero-order valence-corrected chi connectivity index (χ0v) is 15.1. The van der Waals surface area contributed by atoms with Gasteiger partial charge in [0, 0.05) is 35.1 Å². The van der Waals surface area contributed by atoms with E-state index in [1.807, 2.05) is 30.3 Å². The molecular weight excluding hydrogens is 326 g/mol. The van der Waals surface area contributed by atoms with Crippen molar-refractivity contribution < 1.29 is 9.59 Å². The minimum Gasteiger partial charge on any atom is -0.358 e. The largest absolute Gasteiger partial charge is 0.358 e. The molecule has 4 rings (SSSR count). The summed E-state index contributed by atoms with van der Waals surface area (Å²) in [5, 5.41) is 3.89. The number of allylic oxidation sites excluding steroid dienone is 2. The molecule has 5 heteroatoms. The molecule has 2 amide bonds. The van der Waals surface area contributed by atoms with Crippen LogP contribution in [0.25, 0.3) is 17.0 Å². The van der Waals surface area contributed by atoms with E-state index in [0.29, 0.717) is 12.2 Å². The summed E-state index contributed by atoms with van der Waals surface area (Å²) in [5.74, 6) is -0.149. The first-order valence-corrected chi connectivity index (χ1v) is 9.11. The highest BCUT2D eigenvalue weighted by Gasteiger charge is 2.40. The Bertz CT molecular complexity index is 947. The summed E-state index contributed by atoms with van der Waals surface area (Å²) >= 11 is 0. The lowest BCUT2D eigenvalue weighted by atomic mass is 10.0. The Morgan fingerprint density at radius 3 is 2.88 bits per heavy atom. The highest BCUT2D eigenvalue weighted by molar-refractivity contribution is 6.09. The minimum absolute atomic E-state index is 0.0703. The van der Waals surface area contributed by atoms with Crippen molar-refractivity contribution in [3.05, 3.63) is 52.9 Å². The van der Waals surface area contributed by atoms with E-state index < -0.39 is 0 Å². The predicted octanol–water partition coefficient (Wildman–Crippen LogP) is 3.14. The van der Waals surface area contributed by atoms with Crippen molar-refractivity contribution in [2.45, 2.75) is 39.2 Å². The van der Waals surface area contributed by atoms with E-state index in [4.69, 9.17) is 0 Å². The average Bonchev–Trinajstić information content (AvgIpc) is 3.23. The first-order chi connectivity index (χ1) is 12.5. The second-order valence-electron chi connectivity index (χ2n) is 7.25. The fourth-order valence-corrected chi connectivity index (χ4v) is 3.80. The van der Waals surface area contributed by atoms with E-state index in [2.05, 4.69) is 30.2 Å². The minimum atomic E-state index is -0.298. The van der Waals surface area contributed by atoms with E-state index in [1.165, 1.54) is 5.57 Å². The molecule has 2 N–H and O–H groups in total. The van der Waals surface area contributed by atoms with Crippen LogP contribution in [0.2, 0.25) is 0 Å². The van der Waals surface area contributed by atoms with Crippen molar-refractivity contribution in [1.29, 1.82) is 0 Å². The molecule has 2 fully saturated rings. The van der Waals surface area contributed by atoms with Crippen LogP contribution in [0.4, 0.5) is 0 Å². The van der Waals surface area contributed by atoms with E-state index >= 15 is 0 Å². The van der Waals surface area contributed by atoms with Crippen LogP contribution >= 0.6 is 0 Å². The Kier molecular flexibility index (Phi) is 4.15. The molecule has 2 aromatic rings. The lowest BCUT2D eigenvalue weighted by Gasteiger charge is -2.30. The number of amides is 2. The molecule has 26 heavy (non-hydrogen) atoms. The number of benzene rings is 1. The zero-order valence-electron chi connectivity index (χ0n) is 15.1. The maximum absolute atomic E-state index is 12.8. The molecule has 2 saturated heterocycles. The van der Waals surface area contributed by atoms with Crippen molar-refractivity contribution in [3.63, 3.8) is 0 Å². The lowest BCUT2D eigenvalue weighted by Crippen LogP contribution is -2.53. The molecule has 0 radical (unpaired) electrons. The molecule has 3 heterocycles. The number of nitrogens with zero attached hydrogens (tertiary/aromatic N) is 1. The third-order valence-corrected chi connectivity index (χ3v) is 5.14. The van der Waals surface area contributed by atoms with Crippen molar-refractivity contribution in [2.24, 2.45) is 0 Å². The van der Waals surface area contributed by atoms with Crippen molar-refractivity contribution in [2.75, 3.05) is 6.54 Å². The van der Waals surface area contributed by atoms with Crippen molar-refractivity contribution in [1.82, 2.24) is 15.2 Å². The van der Waals surface area contributed by atoms with Crippen LogP contribution in [0.5, 0.6) is 0 Å². The van der Waals surface area contributed by atoms with Gasteiger partial charge in [-0.3, -0.25) is 9.59 Å². The summed E-state index contributed by atoms with van der Waals surface area (Å²) in [6.45, 7) is 4.80. The Morgan fingerprint density at radius 1 is 1.27 bits per heavy atom. The van der Waals surface area contributed by atoms with Gasteiger partial charge < -0.3 is 15.2 Å². The molecule has 2 aliphatic rings. The lowest BCUT2D eigenvalue weighted by molar-refractivity contribution is -0.140. The Balaban J connectivity index is 1.79. The summed E-state index contributed by atoms with van der Waals surface area (Å²) in [6.07, 6.45) is 6.39. The summed E-state index contributed by atoms with van der Waals surface area (Å²) in [5.41, 5.74) is 4.66. The smallest absolute Gasteiger partial charge is 0.271 e. The Hall–Kier alpha value is -2.82. The second-order valence-corrected chi connectivity index (χ2v) is 7.25. The number of carbonyl (C=O) groups excluding carboxylic acids is 2. The Morgan fingerprint density at radius 2 is 2.08 bits per heavy atom. The van der Waals surface area contributed by atoms with E-state index in [-0.39, 0.29) is 17.9 Å². The number of rotatable bonds is 3. The van der Waals surface area contributed by atoms with Gasteiger partial charge in [0.2, 0.25) is 5.91 Å². The Labute approximate surface area is 152 Å². The molecule has 1 atom stereocenters. The van der Waals surface area contributed by atoms with Crippen LogP contribution in [0.1, 0.15) is 37.9 Å². The van der Waals surface area contributed by atoms with Crippen LogP contribution in [-0.2, 0) is 16.0 Å². The molecule has 1 aromatic heterocycles. The molecule has 134 valence electrons. The molecule has 2 aliphatic heterocycles. The number of hydrogen-bond donors (Lipinski definition) is 2. The third kappa shape index (κ3) is 2.83. The van der Waals surface area contributed by atoms with Gasteiger partial charge in [0.05, 0.1) is 0 Å². The molecule has 0 aliphatic carbocycles. The van der Waals surface area contributed by atoms with Gasteiger partial charge in [-0.25, -0.2) is 0 Å². The standard InChI is InChI=1S/C21H23N3O2/c1-13(2)9-10-17-15(14-6-3-4-7-16(14)22-17)12-18-21(26)24-11-5-8-19(24)20(25)23-18/h3-4,6-7,9,12,19,22H,5,8,10-11H2,1-2H3,(H,23,25)/b18-12-. The molecule has 1 unspecified atom stereocenters. The van der Waals surface area contributed by atoms with Gasteiger partial charge >= 0.3 is 0 Å².